The molecule has 0 saturated heterocycles. The van der Waals surface area contributed by atoms with E-state index >= 15 is 0 Å². The summed E-state index contributed by atoms with van der Waals surface area (Å²) in [6, 6.07) is 7.98. The largest absolute Gasteiger partial charge is 0.496 e. The third kappa shape index (κ3) is 2.17. The molecular formula is C12H14N2OS. The quantitative estimate of drug-likeness (QED) is 0.881. The number of thiazole rings is 1. The Morgan fingerprint density at radius 1 is 1.38 bits per heavy atom. The highest BCUT2D eigenvalue weighted by Gasteiger charge is 2.08. The molecule has 1 heterocycles. The van der Waals surface area contributed by atoms with Crippen molar-refractivity contribution in [2.24, 2.45) is 0 Å². The van der Waals surface area contributed by atoms with Crippen LogP contribution in [-0.2, 0) is 0 Å². The van der Waals surface area contributed by atoms with E-state index in [1.54, 1.807) is 18.4 Å². The van der Waals surface area contributed by atoms with E-state index in [1.165, 1.54) is 0 Å². The number of rotatable bonds is 4. The molecule has 2 aromatic rings. The minimum Gasteiger partial charge on any atom is -0.496 e. The Kier molecular flexibility index (Phi) is 3.41. The predicted octanol–water partition coefficient (Wildman–Crippen LogP) is 3.25. The summed E-state index contributed by atoms with van der Waals surface area (Å²) in [4.78, 5) is 5.43. The van der Waals surface area contributed by atoms with E-state index in [9.17, 15) is 0 Å². The summed E-state index contributed by atoms with van der Waals surface area (Å²) in [6.45, 7) is 2.95. The van der Waals surface area contributed by atoms with Crippen molar-refractivity contribution in [3.05, 3.63) is 30.5 Å². The van der Waals surface area contributed by atoms with Crippen LogP contribution in [0.3, 0.4) is 0 Å². The summed E-state index contributed by atoms with van der Waals surface area (Å²) < 4.78 is 5.33. The monoisotopic (exact) mass is 234 g/mol. The van der Waals surface area contributed by atoms with Gasteiger partial charge in [0.2, 0.25) is 0 Å². The van der Waals surface area contributed by atoms with E-state index in [2.05, 4.69) is 17.2 Å². The number of methoxy groups -OCH3 is 1. The number of benzene rings is 1. The zero-order chi connectivity index (χ0) is 11.4. The Hall–Kier alpha value is -1.55. The fourth-order valence-electron chi connectivity index (χ4n) is 1.48. The van der Waals surface area contributed by atoms with Gasteiger partial charge in [-0.2, -0.15) is 0 Å². The van der Waals surface area contributed by atoms with Gasteiger partial charge in [0.05, 0.1) is 12.0 Å². The number of nitrogens with one attached hydrogen (secondary N) is 1. The summed E-state index contributed by atoms with van der Waals surface area (Å²) in [6.07, 6.45) is 1.88. The van der Waals surface area contributed by atoms with Crippen molar-refractivity contribution in [3.63, 3.8) is 0 Å². The molecule has 0 aliphatic heterocycles. The smallest absolute Gasteiger partial charge is 0.183 e. The Morgan fingerprint density at radius 2 is 2.19 bits per heavy atom. The third-order valence-electron chi connectivity index (χ3n) is 2.21. The van der Waals surface area contributed by atoms with Crippen molar-refractivity contribution >= 4 is 16.5 Å². The number of nitrogens with zero attached hydrogens (tertiary/aromatic N) is 1. The number of anilines is 1. The summed E-state index contributed by atoms with van der Waals surface area (Å²) >= 11 is 1.64. The molecule has 0 radical (unpaired) electrons. The van der Waals surface area contributed by atoms with E-state index in [0.717, 1.165) is 27.9 Å². The molecule has 0 unspecified atom stereocenters. The maximum Gasteiger partial charge on any atom is 0.183 e. The van der Waals surface area contributed by atoms with Crippen LogP contribution in [0.15, 0.2) is 30.5 Å². The van der Waals surface area contributed by atoms with Gasteiger partial charge in [-0.05, 0) is 19.1 Å². The number of hydrogen-bond donors (Lipinski definition) is 1. The second-order valence-electron chi connectivity index (χ2n) is 3.26. The highest BCUT2D eigenvalue weighted by atomic mass is 32.1. The van der Waals surface area contributed by atoms with E-state index in [4.69, 9.17) is 4.74 Å². The van der Waals surface area contributed by atoms with Crippen molar-refractivity contribution in [2.75, 3.05) is 19.0 Å². The zero-order valence-corrected chi connectivity index (χ0v) is 10.2. The van der Waals surface area contributed by atoms with Crippen LogP contribution in [-0.4, -0.2) is 18.6 Å². The van der Waals surface area contributed by atoms with E-state index < -0.39 is 0 Å². The Balaban J connectivity index is 2.34. The Morgan fingerprint density at radius 3 is 2.94 bits per heavy atom. The lowest BCUT2D eigenvalue weighted by Crippen LogP contribution is -1.94. The number of para-hydroxylation sites is 1. The van der Waals surface area contributed by atoms with Crippen LogP contribution in [0.2, 0.25) is 0 Å². The first kappa shape index (κ1) is 11.0. The van der Waals surface area contributed by atoms with Gasteiger partial charge in [-0.1, -0.05) is 23.5 Å². The molecular weight excluding hydrogens is 220 g/mol. The molecule has 0 aliphatic carbocycles. The molecule has 0 spiro atoms. The van der Waals surface area contributed by atoms with Gasteiger partial charge < -0.3 is 10.1 Å². The Bertz CT molecular complexity index is 468. The molecule has 0 saturated carbocycles. The summed E-state index contributed by atoms with van der Waals surface area (Å²) in [5.74, 6) is 0.884. The molecule has 2 rings (SSSR count). The predicted molar refractivity (Wildman–Crippen MR) is 68.3 cm³/mol. The van der Waals surface area contributed by atoms with Crippen LogP contribution in [0.25, 0.3) is 10.4 Å². The third-order valence-corrected chi connectivity index (χ3v) is 3.19. The van der Waals surface area contributed by atoms with E-state index in [1.807, 2.05) is 30.5 Å². The second kappa shape index (κ2) is 4.99. The van der Waals surface area contributed by atoms with Crippen LogP contribution in [0.1, 0.15) is 6.92 Å². The van der Waals surface area contributed by atoms with Gasteiger partial charge in [-0.25, -0.2) is 4.98 Å². The number of aromatic nitrogens is 1. The molecule has 16 heavy (non-hydrogen) atoms. The maximum absolute atomic E-state index is 5.33. The standard InChI is InChI=1S/C12H14N2OS/c1-3-13-12-14-8-11(16-12)9-6-4-5-7-10(9)15-2/h4-8H,3H2,1-2H3,(H,13,14). The van der Waals surface area contributed by atoms with Gasteiger partial charge in [-0.3, -0.25) is 0 Å². The first-order chi connectivity index (χ1) is 7.85. The average molecular weight is 234 g/mol. The van der Waals surface area contributed by atoms with Gasteiger partial charge in [0.1, 0.15) is 5.75 Å². The molecule has 0 fully saturated rings. The van der Waals surface area contributed by atoms with Crippen molar-refractivity contribution in [1.29, 1.82) is 0 Å². The van der Waals surface area contributed by atoms with Gasteiger partial charge in [-0.15, -0.1) is 0 Å². The molecule has 0 amide bonds. The summed E-state index contributed by atoms with van der Waals surface area (Å²) in [5.41, 5.74) is 1.09. The molecule has 1 N–H and O–H groups in total. The normalized spacial score (nSPS) is 10.1. The minimum absolute atomic E-state index is 0.884. The van der Waals surface area contributed by atoms with Crippen LogP contribution in [0.5, 0.6) is 5.75 Å². The van der Waals surface area contributed by atoms with Crippen LogP contribution in [0.4, 0.5) is 5.13 Å². The number of ether oxygens (including phenoxy) is 1. The first-order valence-electron chi connectivity index (χ1n) is 5.18. The first-order valence-corrected chi connectivity index (χ1v) is 6.00. The molecule has 0 atom stereocenters. The van der Waals surface area contributed by atoms with Gasteiger partial charge in [0.15, 0.2) is 5.13 Å². The lowest BCUT2D eigenvalue weighted by Gasteiger charge is -2.04. The van der Waals surface area contributed by atoms with Crippen LogP contribution < -0.4 is 10.1 Å². The van der Waals surface area contributed by atoms with Gasteiger partial charge >= 0.3 is 0 Å². The van der Waals surface area contributed by atoms with Gasteiger partial charge in [0, 0.05) is 18.3 Å². The van der Waals surface area contributed by atoms with Gasteiger partial charge in [0.25, 0.3) is 0 Å². The van der Waals surface area contributed by atoms with Crippen molar-refractivity contribution in [3.8, 4) is 16.2 Å². The van der Waals surface area contributed by atoms with Crippen LogP contribution in [0, 0.1) is 0 Å². The summed E-state index contributed by atoms with van der Waals surface area (Å²) in [5, 5.41) is 4.15. The lowest BCUT2D eigenvalue weighted by molar-refractivity contribution is 0.416. The molecule has 84 valence electrons. The maximum atomic E-state index is 5.33. The van der Waals surface area contributed by atoms with Crippen LogP contribution >= 0.6 is 11.3 Å². The fourth-order valence-corrected chi connectivity index (χ4v) is 2.39. The zero-order valence-electron chi connectivity index (χ0n) is 9.36. The average Bonchev–Trinajstić information content (AvgIpc) is 2.78. The highest BCUT2D eigenvalue weighted by molar-refractivity contribution is 7.18. The van der Waals surface area contributed by atoms with E-state index in [0.29, 0.717) is 0 Å². The number of hydrogen-bond acceptors (Lipinski definition) is 4. The molecule has 0 aliphatic rings. The molecule has 0 bridgehead atoms. The van der Waals surface area contributed by atoms with E-state index in [-0.39, 0.29) is 0 Å². The molecule has 3 nitrogen and oxygen atoms in total. The topological polar surface area (TPSA) is 34.2 Å². The molecule has 1 aromatic heterocycles. The summed E-state index contributed by atoms with van der Waals surface area (Å²) in [7, 11) is 1.69. The Labute approximate surface area is 99.1 Å². The lowest BCUT2D eigenvalue weighted by atomic mass is 10.2. The molecule has 1 aromatic carbocycles. The van der Waals surface area contributed by atoms with Crippen molar-refractivity contribution in [1.82, 2.24) is 4.98 Å². The minimum atomic E-state index is 0.884. The fraction of sp³-hybridized carbons (Fsp3) is 0.250. The van der Waals surface area contributed by atoms with Crippen molar-refractivity contribution < 1.29 is 4.74 Å². The SMILES string of the molecule is CCNc1ncc(-c2ccccc2OC)s1. The van der Waals surface area contributed by atoms with Crippen molar-refractivity contribution in [2.45, 2.75) is 6.92 Å². The molecule has 4 heteroatoms. The highest BCUT2D eigenvalue weighted by Crippen LogP contribution is 2.34. The second-order valence-corrected chi connectivity index (χ2v) is 4.29.